The van der Waals surface area contributed by atoms with Crippen molar-refractivity contribution in [1.29, 1.82) is 0 Å². The zero-order valence-corrected chi connectivity index (χ0v) is 17.9. The zero-order chi connectivity index (χ0) is 22.3. The van der Waals surface area contributed by atoms with Crippen LogP contribution in [0.3, 0.4) is 0 Å². The van der Waals surface area contributed by atoms with Crippen molar-refractivity contribution in [2.45, 2.75) is 4.90 Å². The first-order chi connectivity index (χ1) is 15.4. The van der Waals surface area contributed by atoms with E-state index in [1.54, 1.807) is 30.3 Å². The van der Waals surface area contributed by atoms with Crippen LogP contribution in [0.15, 0.2) is 93.3 Å². The first-order valence-corrected chi connectivity index (χ1v) is 11.7. The van der Waals surface area contributed by atoms with E-state index in [4.69, 9.17) is 4.42 Å². The number of aromatic amines is 1. The predicted molar refractivity (Wildman–Crippen MR) is 125 cm³/mol. The Kier molecular flexibility index (Phi) is 4.69. The molecule has 0 aliphatic heterocycles. The van der Waals surface area contributed by atoms with Crippen LogP contribution < -0.4 is 5.43 Å². The number of aromatic nitrogens is 1. The van der Waals surface area contributed by atoms with Crippen molar-refractivity contribution in [1.82, 2.24) is 4.98 Å². The van der Waals surface area contributed by atoms with Gasteiger partial charge in [0.2, 0.25) is 0 Å². The molecule has 0 atom stereocenters. The molecule has 0 aliphatic rings. The number of para-hydroxylation sites is 1. The lowest BCUT2D eigenvalue weighted by atomic mass is 10.0. The van der Waals surface area contributed by atoms with Gasteiger partial charge in [0, 0.05) is 28.9 Å². The first-order valence-electron chi connectivity index (χ1n) is 9.84. The number of sulfone groups is 1. The summed E-state index contributed by atoms with van der Waals surface area (Å²) in [5.41, 5.74) is 3.88. The summed E-state index contributed by atoms with van der Waals surface area (Å²) in [7, 11) is -3.30. The van der Waals surface area contributed by atoms with Crippen LogP contribution in [0.4, 0.5) is 0 Å². The summed E-state index contributed by atoms with van der Waals surface area (Å²) in [6.07, 6.45) is 4.42. The highest BCUT2D eigenvalue weighted by Gasteiger charge is 2.12. The first kappa shape index (κ1) is 19.9. The van der Waals surface area contributed by atoms with Crippen LogP contribution in [0.5, 0.6) is 0 Å². The van der Waals surface area contributed by atoms with Gasteiger partial charge in [-0.3, -0.25) is 4.79 Å². The van der Waals surface area contributed by atoms with Crippen LogP contribution in [0.2, 0.25) is 0 Å². The van der Waals surface area contributed by atoms with Gasteiger partial charge in [0.25, 0.3) is 0 Å². The maximum atomic E-state index is 13.0. The predicted octanol–water partition coefficient (Wildman–Crippen LogP) is 4.74. The maximum Gasteiger partial charge on any atom is 0.200 e. The molecule has 0 saturated carbocycles. The molecule has 0 unspecified atom stereocenters. The van der Waals surface area contributed by atoms with Gasteiger partial charge in [0.1, 0.15) is 11.8 Å². The Labute approximate surface area is 184 Å². The average molecular weight is 439 g/mol. The van der Waals surface area contributed by atoms with Crippen LogP contribution >= 0.6 is 0 Å². The molecule has 0 radical (unpaired) electrons. The van der Waals surface area contributed by atoms with Crippen LogP contribution in [0, 0.1) is 11.8 Å². The van der Waals surface area contributed by atoms with Crippen molar-refractivity contribution in [2.24, 2.45) is 0 Å². The standard InChI is InChI=1S/C26H17NO4S/c1-32(29,30)20-11-9-18(10-12-20)23-16-31-25-14-17(7-13-22(25)26(23)28)6-8-19-15-27-24-5-3-2-4-21(19)24/h2-5,7,9-16,27H,1H3. The Hall–Kier alpha value is -4.08. The maximum absolute atomic E-state index is 13.0. The molecule has 2 aromatic heterocycles. The van der Waals surface area contributed by atoms with Gasteiger partial charge in [-0.25, -0.2) is 8.42 Å². The van der Waals surface area contributed by atoms with Crippen molar-refractivity contribution in [3.05, 3.63) is 101 Å². The van der Waals surface area contributed by atoms with E-state index < -0.39 is 9.84 Å². The van der Waals surface area contributed by atoms with Crippen molar-refractivity contribution in [2.75, 3.05) is 6.26 Å². The summed E-state index contributed by atoms with van der Waals surface area (Å²) in [6, 6.07) is 19.4. The Morgan fingerprint density at radius 3 is 2.47 bits per heavy atom. The molecule has 0 spiro atoms. The fraction of sp³-hybridized carbons (Fsp3) is 0.0385. The number of fused-ring (bicyclic) bond motifs is 2. The van der Waals surface area contributed by atoms with Gasteiger partial charge in [-0.05, 0) is 42.0 Å². The van der Waals surface area contributed by atoms with Crippen molar-refractivity contribution in [3.8, 4) is 23.0 Å². The molecule has 1 N–H and O–H groups in total. The van der Waals surface area contributed by atoms with Crippen LogP contribution in [0.25, 0.3) is 33.0 Å². The zero-order valence-electron chi connectivity index (χ0n) is 17.0. The van der Waals surface area contributed by atoms with E-state index in [0.717, 1.165) is 28.3 Å². The molecule has 3 aromatic carbocycles. The molecule has 0 amide bonds. The number of benzene rings is 3. The van der Waals surface area contributed by atoms with E-state index >= 15 is 0 Å². The Bertz CT molecular complexity index is 1710. The summed E-state index contributed by atoms with van der Waals surface area (Å²) in [6.45, 7) is 0. The third-order valence-corrected chi connectivity index (χ3v) is 6.43. The molecular weight excluding hydrogens is 422 g/mol. The minimum atomic E-state index is -3.30. The lowest BCUT2D eigenvalue weighted by molar-refractivity contribution is 0.602. The normalized spacial score (nSPS) is 11.4. The van der Waals surface area contributed by atoms with Gasteiger partial charge in [-0.15, -0.1) is 0 Å². The fourth-order valence-corrected chi connectivity index (χ4v) is 4.23. The van der Waals surface area contributed by atoms with Crippen LogP contribution in [-0.4, -0.2) is 19.7 Å². The molecule has 0 aliphatic carbocycles. The van der Waals surface area contributed by atoms with E-state index in [0.29, 0.717) is 22.1 Å². The second-order valence-electron chi connectivity index (χ2n) is 7.48. The summed E-state index contributed by atoms with van der Waals surface area (Å²) in [5.74, 6) is 6.30. The highest BCUT2D eigenvalue weighted by Crippen LogP contribution is 2.22. The number of rotatable bonds is 2. The third kappa shape index (κ3) is 3.59. The average Bonchev–Trinajstić information content (AvgIpc) is 3.20. The topological polar surface area (TPSA) is 80.1 Å². The second-order valence-corrected chi connectivity index (χ2v) is 9.50. The molecule has 6 heteroatoms. The molecule has 2 heterocycles. The van der Waals surface area contributed by atoms with E-state index in [9.17, 15) is 13.2 Å². The van der Waals surface area contributed by atoms with Crippen LogP contribution in [0.1, 0.15) is 11.1 Å². The number of nitrogens with one attached hydrogen (secondary N) is 1. The molecule has 32 heavy (non-hydrogen) atoms. The quantitative estimate of drug-likeness (QED) is 0.403. The van der Waals surface area contributed by atoms with E-state index in [1.165, 1.54) is 18.4 Å². The molecule has 0 bridgehead atoms. The van der Waals surface area contributed by atoms with E-state index in [-0.39, 0.29) is 10.3 Å². The monoisotopic (exact) mass is 439 g/mol. The molecule has 0 fully saturated rings. The van der Waals surface area contributed by atoms with Gasteiger partial charge in [-0.1, -0.05) is 42.2 Å². The molecule has 5 nitrogen and oxygen atoms in total. The van der Waals surface area contributed by atoms with Crippen molar-refractivity contribution >= 4 is 31.7 Å². The molecule has 156 valence electrons. The highest BCUT2D eigenvalue weighted by atomic mass is 32.2. The summed E-state index contributed by atoms with van der Waals surface area (Å²) < 4.78 is 29.0. The Morgan fingerprint density at radius 2 is 1.69 bits per heavy atom. The molecular formula is C26H17NO4S. The minimum Gasteiger partial charge on any atom is -0.463 e. The number of H-pyrrole nitrogens is 1. The highest BCUT2D eigenvalue weighted by molar-refractivity contribution is 7.90. The van der Waals surface area contributed by atoms with Crippen molar-refractivity contribution < 1.29 is 12.8 Å². The van der Waals surface area contributed by atoms with E-state index in [1.807, 2.05) is 30.5 Å². The fourth-order valence-electron chi connectivity index (χ4n) is 3.60. The largest absolute Gasteiger partial charge is 0.463 e. The molecule has 5 aromatic rings. The lowest BCUT2D eigenvalue weighted by Crippen LogP contribution is -2.05. The molecule has 5 rings (SSSR count). The lowest BCUT2D eigenvalue weighted by Gasteiger charge is -2.04. The van der Waals surface area contributed by atoms with Gasteiger partial charge in [-0.2, -0.15) is 0 Å². The molecule has 0 saturated heterocycles. The summed E-state index contributed by atoms with van der Waals surface area (Å²) >= 11 is 0. The SMILES string of the molecule is CS(=O)(=O)c1ccc(-c2coc3cc(C#Cc4c[nH]c5ccccc45)ccc3c2=O)cc1. The van der Waals surface area contributed by atoms with Crippen molar-refractivity contribution in [3.63, 3.8) is 0 Å². The minimum absolute atomic E-state index is 0.186. The summed E-state index contributed by atoms with van der Waals surface area (Å²) in [4.78, 5) is 16.4. The summed E-state index contributed by atoms with van der Waals surface area (Å²) in [5, 5.41) is 1.49. The Morgan fingerprint density at radius 1 is 0.906 bits per heavy atom. The van der Waals surface area contributed by atoms with Gasteiger partial charge >= 0.3 is 0 Å². The van der Waals surface area contributed by atoms with Gasteiger partial charge in [0.05, 0.1) is 21.4 Å². The smallest absolute Gasteiger partial charge is 0.200 e. The third-order valence-electron chi connectivity index (χ3n) is 5.30. The van der Waals surface area contributed by atoms with E-state index in [2.05, 4.69) is 16.8 Å². The number of hydrogen-bond donors (Lipinski definition) is 1. The second kappa shape index (κ2) is 7.56. The number of hydrogen-bond acceptors (Lipinski definition) is 4. The van der Waals surface area contributed by atoms with Gasteiger partial charge in [0.15, 0.2) is 15.3 Å². The van der Waals surface area contributed by atoms with Gasteiger partial charge < -0.3 is 9.40 Å². The van der Waals surface area contributed by atoms with Crippen LogP contribution in [-0.2, 0) is 9.84 Å². The Balaban J connectivity index is 1.51.